The number of amides is 1. The van der Waals surface area contributed by atoms with Crippen LogP contribution in [0.15, 0.2) is 42.5 Å². The summed E-state index contributed by atoms with van der Waals surface area (Å²) in [4.78, 5) is 14.8. The second-order valence-corrected chi connectivity index (χ2v) is 5.86. The molecule has 1 aliphatic heterocycles. The molecule has 26 heavy (non-hydrogen) atoms. The molecular formula is C20H21N3O3. The van der Waals surface area contributed by atoms with E-state index < -0.39 is 0 Å². The first-order chi connectivity index (χ1) is 12.7. The number of morpholine rings is 1. The van der Waals surface area contributed by atoms with Crippen molar-refractivity contribution >= 4 is 17.3 Å². The fourth-order valence-electron chi connectivity index (χ4n) is 2.82. The van der Waals surface area contributed by atoms with Gasteiger partial charge in [0.05, 0.1) is 37.1 Å². The highest BCUT2D eigenvalue weighted by Crippen LogP contribution is 2.26. The maximum atomic E-state index is 12.6. The molecule has 1 aliphatic rings. The van der Waals surface area contributed by atoms with Crippen LogP contribution in [0.25, 0.3) is 0 Å². The van der Waals surface area contributed by atoms with Crippen molar-refractivity contribution < 1.29 is 14.3 Å². The van der Waals surface area contributed by atoms with Gasteiger partial charge in [-0.2, -0.15) is 5.26 Å². The number of hydrogen-bond acceptors (Lipinski definition) is 5. The van der Waals surface area contributed by atoms with Gasteiger partial charge in [-0.15, -0.1) is 0 Å². The van der Waals surface area contributed by atoms with Gasteiger partial charge >= 0.3 is 0 Å². The van der Waals surface area contributed by atoms with Crippen molar-refractivity contribution in [3.05, 3.63) is 53.6 Å². The van der Waals surface area contributed by atoms with Gasteiger partial charge in [-0.1, -0.05) is 0 Å². The van der Waals surface area contributed by atoms with Crippen molar-refractivity contribution in [2.24, 2.45) is 0 Å². The minimum Gasteiger partial charge on any atom is -0.492 e. The van der Waals surface area contributed by atoms with Gasteiger partial charge in [-0.05, 0) is 49.4 Å². The molecule has 2 aromatic rings. The fourth-order valence-corrected chi connectivity index (χ4v) is 2.82. The van der Waals surface area contributed by atoms with Gasteiger partial charge in [0, 0.05) is 24.3 Å². The van der Waals surface area contributed by atoms with Gasteiger partial charge in [0.25, 0.3) is 5.91 Å². The van der Waals surface area contributed by atoms with Crippen molar-refractivity contribution in [3.8, 4) is 11.8 Å². The van der Waals surface area contributed by atoms with Crippen LogP contribution >= 0.6 is 0 Å². The molecule has 3 rings (SSSR count). The molecular weight excluding hydrogens is 330 g/mol. The molecule has 134 valence electrons. The van der Waals surface area contributed by atoms with Crippen LogP contribution in [0.5, 0.6) is 5.75 Å². The number of rotatable bonds is 5. The Morgan fingerprint density at radius 1 is 1.23 bits per heavy atom. The zero-order chi connectivity index (χ0) is 18.4. The third-order valence-electron chi connectivity index (χ3n) is 4.16. The van der Waals surface area contributed by atoms with Crippen LogP contribution in [0.2, 0.25) is 0 Å². The number of nitrogens with zero attached hydrogens (tertiary/aromatic N) is 2. The summed E-state index contributed by atoms with van der Waals surface area (Å²) in [5, 5.41) is 11.9. The molecule has 1 fully saturated rings. The Kier molecular flexibility index (Phi) is 5.72. The summed E-state index contributed by atoms with van der Waals surface area (Å²) in [6, 6.07) is 14.5. The van der Waals surface area contributed by atoms with Crippen LogP contribution in [0.4, 0.5) is 11.4 Å². The van der Waals surface area contributed by atoms with Gasteiger partial charge in [0.1, 0.15) is 5.75 Å². The van der Waals surface area contributed by atoms with E-state index in [0.29, 0.717) is 29.2 Å². The number of nitrogens with one attached hydrogen (secondary N) is 1. The van der Waals surface area contributed by atoms with Gasteiger partial charge in [-0.25, -0.2) is 0 Å². The van der Waals surface area contributed by atoms with E-state index in [0.717, 1.165) is 32.0 Å². The Balaban J connectivity index is 1.74. The van der Waals surface area contributed by atoms with Crippen LogP contribution in [-0.2, 0) is 4.74 Å². The standard InChI is InChI=1S/C20H21N3O3/c1-2-26-19-8-3-15(14-21)13-18(19)22-20(24)16-4-6-17(7-5-16)23-9-11-25-12-10-23/h3-8,13H,2,9-12H2,1H3,(H,22,24). The lowest BCUT2D eigenvalue weighted by Gasteiger charge is -2.28. The van der Waals surface area contributed by atoms with Gasteiger partial charge in [0.15, 0.2) is 0 Å². The summed E-state index contributed by atoms with van der Waals surface area (Å²) in [7, 11) is 0. The summed E-state index contributed by atoms with van der Waals surface area (Å²) in [5.41, 5.74) is 2.58. The largest absolute Gasteiger partial charge is 0.492 e. The molecule has 1 saturated heterocycles. The molecule has 1 heterocycles. The molecule has 0 aliphatic carbocycles. The van der Waals surface area contributed by atoms with E-state index in [1.165, 1.54) is 0 Å². The number of hydrogen-bond donors (Lipinski definition) is 1. The van der Waals surface area contributed by atoms with Crippen molar-refractivity contribution in [1.82, 2.24) is 0 Å². The number of carbonyl (C=O) groups is 1. The Bertz CT molecular complexity index is 806. The van der Waals surface area contributed by atoms with Crippen LogP contribution in [0, 0.1) is 11.3 Å². The summed E-state index contributed by atoms with van der Waals surface area (Å²) >= 11 is 0. The van der Waals surface area contributed by atoms with Crippen molar-refractivity contribution in [1.29, 1.82) is 5.26 Å². The Morgan fingerprint density at radius 2 is 1.96 bits per heavy atom. The molecule has 0 spiro atoms. The van der Waals surface area contributed by atoms with E-state index in [2.05, 4.69) is 16.3 Å². The smallest absolute Gasteiger partial charge is 0.255 e. The quantitative estimate of drug-likeness (QED) is 0.896. The van der Waals surface area contributed by atoms with Crippen LogP contribution < -0.4 is 15.0 Å². The summed E-state index contributed by atoms with van der Waals surface area (Å²) in [6.07, 6.45) is 0. The highest BCUT2D eigenvalue weighted by Gasteiger charge is 2.14. The van der Waals surface area contributed by atoms with E-state index in [-0.39, 0.29) is 5.91 Å². The minimum absolute atomic E-state index is 0.241. The molecule has 1 N–H and O–H groups in total. The number of benzene rings is 2. The fraction of sp³-hybridized carbons (Fsp3) is 0.300. The predicted molar refractivity (Wildman–Crippen MR) is 99.8 cm³/mol. The summed E-state index contributed by atoms with van der Waals surface area (Å²) in [6.45, 7) is 5.49. The van der Waals surface area contributed by atoms with Crippen LogP contribution in [0.3, 0.4) is 0 Å². The Labute approximate surface area is 152 Å². The molecule has 0 saturated carbocycles. The van der Waals surface area contributed by atoms with Gasteiger partial charge in [0.2, 0.25) is 0 Å². The van der Waals surface area contributed by atoms with Crippen molar-refractivity contribution in [2.45, 2.75) is 6.92 Å². The van der Waals surface area contributed by atoms with E-state index in [1.807, 2.05) is 19.1 Å². The van der Waals surface area contributed by atoms with Crippen molar-refractivity contribution in [2.75, 3.05) is 43.1 Å². The molecule has 1 amide bonds. The molecule has 2 aromatic carbocycles. The first-order valence-electron chi connectivity index (χ1n) is 8.62. The zero-order valence-electron chi connectivity index (χ0n) is 14.7. The molecule has 0 bridgehead atoms. The third-order valence-corrected chi connectivity index (χ3v) is 4.16. The first kappa shape index (κ1) is 17.8. The van der Waals surface area contributed by atoms with E-state index in [4.69, 9.17) is 14.7 Å². The molecule has 0 radical (unpaired) electrons. The molecule has 0 atom stereocenters. The zero-order valence-corrected chi connectivity index (χ0v) is 14.7. The molecule has 6 heteroatoms. The third kappa shape index (κ3) is 4.13. The highest BCUT2D eigenvalue weighted by molar-refractivity contribution is 6.05. The van der Waals surface area contributed by atoms with Crippen LogP contribution in [0.1, 0.15) is 22.8 Å². The lowest BCUT2D eigenvalue weighted by Crippen LogP contribution is -2.36. The maximum absolute atomic E-state index is 12.6. The predicted octanol–water partition coefficient (Wildman–Crippen LogP) is 3.05. The number of carbonyl (C=O) groups excluding carboxylic acids is 1. The van der Waals surface area contributed by atoms with E-state index >= 15 is 0 Å². The SMILES string of the molecule is CCOc1ccc(C#N)cc1NC(=O)c1ccc(N2CCOCC2)cc1. The van der Waals surface area contributed by atoms with E-state index in [1.54, 1.807) is 30.3 Å². The minimum atomic E-state index is -0.241. The van der Waals surface area contributed by atoms with Crippen molar-refractivity contribution in [3.63, 3.8) is 0 Å². The molecule has 6 nitrogen and oxygen atoms in total. The lowest BCUT2D eigenvalue weighted by atomic mass is 10.1. The Hall–Kier alpha value is -3.04. The average Bonchev–Trinajstić information content (AvgIpc) is 2.70. The highest BCUT2D eigenvalue weighted by atomic mass is 16.5. The van der Waals surface area contributed by atoms with Gasteiger partial charge in [-0.3, -0.25) is 4.79 Å². The first-order valence-corrected chi connectivity index (χ1v) is 8.62. The summed E-state index contributed by atoms with van der Waals surface area (Å²) < 4.78 is 10.9. The molecule has 0 aromatic heterocycles. The lowest BCUT2D eigenvalue weighted by molar-refractivity contribution is 0.102. The van der Waals surface area contributed by atoms with Crippen LogP contribution in [-0.4, -0.2) is 38.8 Å². The normalized spacial score (nSPS) is 13.8. The van der Waals surface area contributed by atoms with Gasteiger partial charge < -0.3 is 19.7 Å². The van der Waals surface area contributed by atoms with E-state index in [9.17, 15) is 4.79 Å². The number of anilines is 2. The second kappa shape index (κ2) is 8.37. The average molecular weight is 351 g/mol. The number of ether oxygens (including phenoxy) is 2. The number of nitriles is 1. The molecule has 0 unspecified atom stereocenters. The monoisotopic (exact) mass is 351 g/mol. The topological polar surface area (TPSA) is 74.6 Å². The summed E-state index contributed by atoms with van der Waals surface area (Å²) in [5.74, 6) is 0.305. The second-order valence-electron chi connectivity index (χ2n) is 5.86. The maximum Gasteiger partial charge on any atom is 0.255 e. The Morgan fingerprint density at radius 3 is 2.62 bits per heavy atom.